The number of hydrogen-bond acceptors (Lipinski definition) is 4. The van der Waals surface area contributed by atoms with Crippen molar-refractivity contribution in [3.63, 3.8) is 0 Å². The van der Waals surface area contributed by atoms with E-state index >= 15 is 0 Å². The number of rotatable bonds is 3. The number of halogens is 1. The molecule has 2 heterocycles. The van der Waals surface area contributed by atoms with Crippen LogP contribution in [0.2, 0.25) is 5.02 Å². The van der Waals surface area contributed by atoms with Gasteiger partial charge in [-0.2, -0.15) is 0 Å². The van der Waals surface area contributed by atoms with E-state index < -0.39 is 0 Å². The van der Waals surface area contributed by atoms with E-state index in [4.69, 9.17) is 20.8 Å². The summed E-state index contributed by atoms with van der Waals surface area (Å²) < 4.78 is 10.8. The molecule has 0 atom stereocenters. The van der Waals surface area contributed by atoms with Crippen LogP contribution >= 0.6 is 11.6 Å². The molecule has 0 N–H and O–H groups in total. The zero-order valence-corrected chi connectivity index (χ0v) is 11.3. The van der Waals surface area contributed by atoms with Gasteiger partial charge in [0.05, 0.1) is 7.11 Å². The van der Waals surface area contributed by atoms with Gasteiger partial charge in [0, 0.05) is 22.7 Å². The molecule has 1 aromatic carbocycles. The Hall–Kier alpha value is -2.33. The number of methoxy groups -OCH3 is 1. The highest BCUT2D eigenvalue weighted by atomic mass is 35.5. The Morgan fingerprint density at radius 1 is 1.30 bits per heavy atom. The van der Waals surface area contributed by atoms with Crippen LogP contribution in [-0.4, -0.2) is 17.9 Å². The van der Waals surface area contributed by atoms with Crippen LogP contribution in [0.3, 0.4) is 0 Å². The summed E-state index contributed by atoms with van der Waals surface area (Å²) in [6.45, 7) is 0. The highest BCUT2D eigenvalue weighted by molar-refractivity contribution is 6.31. The van der Waals surface area contributed by atoms with Gasteiger partial charge in [0.1, 0.15) is 5.69 Å². The van der Waals surface area contributed by atoms with Gasteiger partial charge in [-0.05, 0) is 24.3 Å². The molecule has 0 aliphatic carbocycles. The van der Waals surface area contributed by atoms with Crippen molar-refractivity contribution < 1.29 is 13.9 Å². The Labute approximate surface area is 119 Å². The van der Waals surface area contributed by atoms with Crippen LogP contribution in [0.15, 0.2) is 47.0 Å². The molecule has 0 aliphatic heterocycles. The first-order valence-electron chi connectivity index (χ1n) is 5.92. The summed E-state index contributed by atoms with van der Waals surface area (Å²) in [4.78, 5) is 16.3. The summed E-state index contributed by atoms with van der Waals surface area (Å²) in [6, 6.07) is 10.1. The monoisotopic (exact) mass is 287 g/mol. The first-order chi connectivity index (χ1) is 9.69. The summed E-state index contributed by atoms with van der Waals surface area (Å²) in [6.07, 6.45) is 1.56. The van der Waals surface area contributed by atoms with E-state index in [1.54, 1.807) is 42.6 Å². The predicted octanol–water partition coefficient (Wildman–Crippen LogP) is 3.72. The van der Waals surface area contributed by atoms with Crippen molar-refractivity contribution in [3.8, 4) is 5.75 Å². The van der Waals surface area contributed by atoms with Crippen molar-refractivity contribution in [1.82, 2.24) is 4.98 Å². The lowest BCUT2D eigenvalue weighted by molar-refractivity contribution is 0.101. The van der Waals surface area contributed by atoms with Crippen LogP contribution in [0, 0.1) is 0 Å². The van der Waals surface area contributed by atoms with Crippen molar-refractivity contribution in [3.05, 3.63) is 59.1 Å². The number of aromatic nitrogens is 1. The molecular formula is C15H10ClNO3. The molecule has 2 aromatic heterocycles. The summed E-state index contributed by atoms with van der Waals surface area (Å²) in [5.41, 5.74) is 0.827. The Morgan fingerprint density at radius 3 is 2.85 bits per heavy atom. The molecule has 3 aromatic rings. The molecule has 3 rings (SSSR count). The largest absolute Gasteiger partial charge is 0.493 e. The standard InChI is InChI=1S/C15H10ClNO3/c1-19-13-8-10(16)6-9-7-12(20-15(9)13)14(18)11-4-2-3-5-17-11/h2-8H,1H3. The molecule has 100 valence electrons. The van der Waals surface area contributed by atoms with Gasteiger partial charge in [-0.15, -0.1) is 0 Å². The Bertz CT molecular complexity index is 780. The average Bonchev–Trinajstić information content (AvgIpc) is 2.90. The maximum absolute atomic E-state index is 12.3. The van der Waals surface area contributed by atoms with Crippen LogP contribution in [0.5, 0.6) is 5.75 Å². The van der Waals surface area contributed by atoms with Crippen molar-refractivity contribution in [2.24, 2.45) is 0 Å². The number of carbonyl (C=O) groups is 1. The third-order valence-corrected chi connectivity index (χ3v) is 3.11. The summed E-state index contributed by atoms with van der Waals surface area (Å²) in [5.74, 6) is 0.423. The number of nitrogens with zero attached hydrogens (tertiary/aromatic N) is 1. The first kappa shape index (κ1) is 12.7. The summed E-state index contributed by atoms with van der Waals surface area (Å²) in [7, 11) is 1.52. The SMILES string of the molecule is COc1cc(Cl)cc2cc(C(=O)c3ccccn3)oc12. The van der Waals surface area contributed by atoms with Crippen LogP contribution in [0.1, 0.15) is 16.2 Å². The fraction of sp³-hybridized carbons (Fsp3) is 0.0667. The normalized spacial score (nSPS) is 10.7. The first-order valence-corrected chi connectivity index (χ1v) is 6.29. The zero-order chi connectivity index (χ0) is 14.1. The molecule has 5 heteroatoms. The lowest BCUT2D eigenvalue weighted by atomic mass is 10.2. The summed E-state index contributed by atoms with van der Waals surface area (Å²) in [5, 5.41) is 1.24. The Morgan fingerprint density at radius 2 is 2.15 bits per heavy atom. The third kappa shape index (κ3) is 2.14. The highest BCUT2D eigenvalue weighted by Gasteiger charge is 2.18. The molecule has 0 bridgehead atoms. The minimum absolute atomic E-state index is 0.208. The number of furan rings is 1. The van der Waals surface area contributed by atoms with Gasteiger partial charge in [0.25, 0.3) is 0 Å². The molecule has 20 heavy (non-hydrogen) atoms. The Kier molecular flexibility index (Phi) is 3.16. The van der Waals surface area contributed by atoms with Crippen molar-refractivity contribution in [2.75, 3.05) is 7.11 Å². The van der Waals surface area contributed by atoms with Gasteiger partial charge in [-0.3, -0.25) is 9.78 Å². The van der Waals surface area contributed by atoms with Crippen molar-refractivity contribution in [1.29, 1.82) is 0 Å². The fourth-order valence-corrected chi connectivity index (χ4v) is 2.19. The van der Waals surface area contributed by atoms with Gasteiger partial charge < -0.3 is 9.15 Å². The Balaban J connectivity index is 2.12. The van der Waals surface area contributed by atoms with E-state index in [0.717, 1.165) is 0 Å². The molecule has 0 unspecified atom stereocenters. The van der Waals surface area contributed by atoms with E-state index in [0.29, 0.717) is 27.4 Å². The van der Waals surface area contributed by atoms with E-state index in [1.165, 1.54) is 7.11 Å². The van der Waals surface area contributed by atoms with Crippen molar-refractivity contribution >= 4 is 28.4 Å². The highest BCUT2D eigenvalue weighted by Crippen LogP contribution is 2.32. The molecule has 4 nitrogen and oxygen atoms in total. The lowest BCUT2D eigenvalue weighted by Gasteiger charge is -2.00. The van der Waals surface area contributed by atoms with Crippen LogP contribution in [0.25, 0.3) is 11.0 Å². The zero-order valence-electron chi connectivity index (χ0n) is 10.6. The van der Waals surface area contributed by atoms with Gasteiger partial charge in [-0.1, -0.05) is 17.7 Å². The third-order valence-electron chi connectivity index (χ3n) is 2.89. The van der Waals surface area contributed by atoms with E-state index in [2.05, 4.69) is 4.98 Å². The van der Waals surface area contributed by atoms with Crippen LogP contribution in [-0.2, 0) is 0 Å². The lowest BCUT2D eigenvalue weighted by Crippen LogP contribution is -2.01. The van der Waals surface area contributed by atoms with Crippen LogP contribution < -0.4 is 4.74 Å². The number of fused-ring (bicyclic) bond motifs is 1. The number of pyridine rings is 1. The molecule has 0 saturated heterocycles. The van der Waals surface area contributed by atoms with Gasteiger partial charge >= 0.3 is 0 Å². The van der Waals surface area contributed by atoms with E-state index in [9.17, 15) is 4.79 Å². The second kappa shape index (κ2) is 4.98. The number of ketones is 1. The molecule has 0 amide bonds. The molecule has 0 spiro atoms. The van der Waals surface area contributed by atoms with E-state index in [1.807, 2.05) is 0 Å². The number of ether oxygens (including phenoxy) is 1. The minimum atomic E-state index is -0.278. The molecule has 0 radical (unpaired) electrons. The second-order valence-electron chi connectivity index (χ2n) is 4.18. The smallest absolute Gasteiger partial charge is 0.246 e. The molecule has 0 aliphatic rings. The number of benzene rings is 1. The quantitative estimate of drug-likeness (QED) is 0.689. The van der Waals surface area contributed by atoms with Gasteiger partial charge in [0.2, 0.25) is 5.78 Å². The minimum Gasteiger partial charge on any atom is -0.493 e. The maximum Gasteiger partial charge on any atom is 0.246 e. The van der Waals surface area contributed by atoms with Crippen molar-refractivity contribution in [2.45, 2.75) is 0 Å². The fourth-order valence-electron chi connectivity index (χ4n) is 1.97. The topological polar surface area (TPSA) is 52.3 Å². The van der Waals surface area contributed by atoms with E-state index in [-0.39, 0.29) is 11.5 Å². The van der Waals surface area contributed by atoms with Gasteiger partial charge in [0.15, 0.2) is 17.1 Å². The molecular weight excluding hydrogens is 278 g/mol. The number of carbonyl (C=O) groups excluding carboxylic acids is 1. The van der Waals surface area contributed by atoms with Crippen LogP contribution in [0.4, 0.5) is 0 Å². The maximum atomic E-state index is 12.3. The molecule has 0 saturated carbocycles. The predicted molar refractivity (Wildman–Crippen MR) is 75.4 cm³/mol. The average molecular weight is 288 g/mol. The second-order valence-corrected chi connectivity index (χ2v) is 4.62. The van der Waals surface area contributed by atoms with Gasteiger partial charge in [-0.25, -0.2) is 0 Å². The number of hydrogen-bond donors (Lipinski definition) is 0. The molecule has 0 fully saturated rings. The summed E-state index contributed by atoms with van der Waals surface area (Å²) >= 11 is 5.99.